The predicted molar refractivity (Wildman–Crippen MR) is 113 cm³/mol. The minimum absolute atomic E-state index is 0.0619. The van der Waals surface area contributed by atoms with Crippen LogP contribution in [0, 0.1) is 6.92 Å². The molecular weight excluding hydrogens is 410 g/mol. The molecule has 156 valence electrons. The molecule has 0 fully saturated rings. The molecular formula is C22H20F2N2O3S. The summed E-state index contributed by atoms with van der Waals surface area (Å²) in [5.74, 6) is -0.818. The maximum Gasteiger partial charge on any atom is 0.387 e. The molecule has 2 amide bonds. The van der Waals surface area contributed by atoms with E-state index in [1.807, 2.05) is 37.3 Å². The van der Waals surface area contributed by atoms with Crippen molar-refractivity contribution in [1.29, 1.82) is 0 Å². The summed E-state index contributed by atoms with van der Waals surface area (Å²) in [4.78, 5) is 25.4. The van der Waals surface area contributed by atoms with Crippen molar-refractivity contribution in [3.63, 3.8) is 0 Å². The van der Waals surface area contributed by atoms with Crippen LogP contribution >= 0.6 is 11.3 Å². The smallest absolute Gasteiger partial charge is 0.387 e. The number of ether oxygens (including phenoxy) is 1. The van der Waals surface area contributed by atoms with E-state index in [4.69, 9.17) is 5.73 Å². The van der Waals surface area contributed by atoms with E-state index >= 15 is 0 Å². The lowest BCUT2D eigenvalue weighted by Gasteiger charge is -2.08. The number of carbonyl (C=O) groups excluding carboxylic acids is 2. The van der Waals surface area contributed by atoms with Gasteiger partial charge in [0.1, 0.15) is 10.8 Å². The molecule has 0 unspecified atom stereocenters. The Hall–Kier alpha value is -3.26. The molecule has 0 bridgehead atoms. The van der Waals surface area contributed by atoms with E-state index in [1.165, 1.54) is 23.5 Å². The van der Waals surface area contributed by atoms with Gasteiger partial charge in [0, 0.05) is 16.9 Å². The van der Waals surface area contributed by atoms with Crippen molar-refractivity contribution >= 4 is 28.2 Å². The van der Waals surface area contributed by atoms with Gasteiger partial charge in [0.05, 0.1) is 5.56 Å². The summed E-state index contributed by atoms with van der Waals surface area (Å²) in [6, 6.07) is 15.5. The zero-order valence-corrected chi connectivity index (χ0v) is 17.0. The van der Waals surface area contributed by atoms with Crippen LogP contribution in [0.2, 0.25) is 0 Å². The first-order valence-electron chi connectivity index (χ1n) is 9.17. The number of primary amides is 1. The quantitative estimate of drug-likeness (QED) is 0.528. The average Bonchev–Trinajstić information content (AvgIpc) is 3.03. The second-order valence-electron chi connectivity index (χ2n) is 6.54. The van der Waals surface area contributed by atoms with E-state index in [2.05, 4.69) is 10.1 Å². The third-order valence-corrected chi connectivity index (χ3v) is 5.46. The number of nitrogens with two attached hydrogens (primary N) is 1. The van der Waals surface area contributed by atoms with Crippen LogP contribution in [0.3, 0.4) is 0 Å². The molecule has 3 rings (SSSR count). The number of anilines is 1. The van der Waals surface area contributed by atoms with E-state index in [0.29, 0.717) is 17.0 Å². The fraction of sp³-hybridized carbons (Fsp3) is 0.182. The summed E-state index contributed by atoms with van der Waals surface area (Å²) in [5, 5.41) is 3.21. The minimum atomic E-state index is -2.88. The predicted octanol–water partition coefficient (Wildman–Crippen LogP) is 5.00. The highest BCUT2D eigenvalue weighted by atomic mass is 32.1. The largest absolute Gasteiger partial charge is 0.435 e. The molecule has 8 heteroatoms. The van der Waals surface area contributed by atoms with Crippen molar-refractivity contribution in [2.24, 2.45) is 5.73 Å². The van der Waals surface area contributed by atoms with Gasteiger partial charge in [-0.15, -0.1) is 11.3 Å². The van der Waals surface area contributed by atoms with E-state index in [0.717, 1.165) is 21.6 Å². The molecule has 0 saturated heterocycles. The Labute approximate surface area is 176 Å². The highest BCUT2D eigenvalue weighted by molar-refractivity contribution is 7.17. The number of carbonyl (C=O) groups is 2. The molecule has 1 heterocycles. The lowest BCUT2D eigenvalue weighted by Crippen LogP contribution is -2.17. The van der Waals surface area contributed by atoms with Crippen LogP contribution in [-0.4, -0.2) is 18.4 Å². The number of amides is 2. The van der Waals surface area contributed by atoms with Gasteiger partial charge in [0.15, 0.2) is 0 Å². The van der Waals surface area contributed by atoms with E-state index in [9.17, 15) is 18.4 Å². The van der Waals surface area contributed by atoms with Gasteiger partial charge in [-0.1, -0.05) is 42.5 Å². The summed E-state index contributed by atoms with van der Waals surface area (Å²) in [6.45, 7) is -1.01. The first kappa shape index (κ1) is 21.4. The molecule has 0 aliphatic rings. The van der Waals surface area contributed by atoms with Gasteiger partial charge in [-0.25, -0.2) is 0 Å². The SMILES string of the molecule is Cc1sc(NC(=O)CCc2ccc(OC(F)F)cc2)c(C(N)=O)c1-c1ccccc1. The van der Waals surface area contributed by atoms with Gasteiger partial charge in [-0.3, -0.25) is 9.59 Å². The Morgan fingerprint density at radius 3 is 2.37 bits per heavy atom. The number of rotatable bonds is 8. The maximum atomic E-state index is 12.4. The topological polar surface area (TPSA) is 81.4 Å². The molecule has 30 heavy (non-hydrogen) atoms. The molecule has 0 aliphatic carbocycles. The van der Waals surface area contributed by atoms with Gasteiger partial charge in [-0.05, 0) is 36.6 Å². The number of alkyl halides is 2. The van der Waals surface area contributed by atoms with E-state index < -0.39 is 12.5 Å². The van der Waals surface area contributed by atoms with Crippen molar-refractivity contribution in [3.8, 4) is 16.9 Å². The number of hydrogen-bond donors (Lipinski definition) is 2. The summed E-state index contributed by atoms with van der Waals surface area (Å²) in [6.07, 6.45) is 0.563. The van der Waals surface area contributed by atoms with Gasteiger partial charge in [0.2, 0.25) is 5.91 Å². The van der Waals surface area contributed by atoms with Crippen molar-refractivity contribution in [2.75, 3.05) is 5.32 Å². The molecule has 0 spiro atoms. The Morgan fingerprint density at radius 1 is 1.10 bits per heavy atom. The van der Waals surface area contributed by atoms with E-state index in [1.54, 1.807) is 12.1 Å². The van der Waals surface area contributed by atoms with Crippen molar-refractivity contribution in [3.05, 3.63) is 70.6 Å². The fourth-order valence-corrected chi connectivity index (χ4v) is 4.20. The number of nitrogens with one attached hydrogen (secondary N) is 1. The Kier molecular flexibility index (Phi) is 6.79. The summed E-state index contributed by atoms with van der Waals surface area (Å²) < 4.78 is 28.7. The maximum absolute atomic E-state index is 12.4. The standard InChI is InChI=1S/C22H20F2N2O3S/c1-13-18(15-5-3-2-4-6-15)19(20(25)28)21(30-13)26-17(27)12-9-14-7-10-16(11-8-14)29-22(23)24/h2-8,10-11,22H,9,12H2,1H3,(H2,25,28)(H,26,27). The molecule has 0 atom stereocenters. The van der Waals surface area contributed by atoms with Gasteiger partial charge < -0.3 is 15.8 Å². The summed E-state index contributed by atoms with van der Waals surface area (Å²) in [7, 11) is 0. The molecule has 3 aromatic rings. The van der Waals surface area contributed by atoms with Crippen molar-refractivity contribution in [2.45, 2.75) is 26.4 Å². The Bertz CT molecular complexity index is 1030. The molecule has 0 aliphatic heterocycles. The normalized spacial score (nSPS) is 10.8. The fourth-order valence-electron chi connectivity index (χ4n) is 3.10. The highest BCUT2D eigenvalue weighted by Gasteiger charge is 2.22. The van der Waals surface area contributed by atoms with Gasteiger partial charge >= 0.3 is 6.61 Å². The van der Waals surface area contributed by atoms with Gasteiger partial charge in [0.25, 0.3) is 5.91 Å². The van der Waals surface area contributed by atoms with Crippen molar-refractivity contribution in [1.82, 2.24) is 0 Å². The van der Waals surface area contributed by atoms with E-state index in [-0.39, 0.29) is 18.1 Å². The number of benzene rings is 2. The monoisotopic (exact) mass is 430 g/mol. The van der Waals surface area contributed by atoms with Crippen LogP contribution in [0.1, 0.15) is 27.2 Å². The zero-order valence-electron chi connectivity index (χ0n) is 16.2. The molecule has 0 radical (unpaired) electrons. The first-order chi connectivity index (χ1) is 14.3. The Morgan fingerprint density at radius 2 is 1.77 bits per heavy atom. The summed E-state index contributed by atoms with van der Waals surface area (Å²) in [5.41, 5.74) is 8.28. The third-order valence-electron chi connectivity index (χ3n) is 4.44. The zero-order chi connectivity index (χ0) is 21.7. The lowest BCUT2D eigenvalue weighted by atomic mass is 10.0. The van der Waals surface area contributed by atoms with Crippen LogP contribution in [-0.2, 0) is 11.2 Å². The van der Waals surface area contributed by atoms with Crippen LogP contribution < -0.4 is 15.8 Å². The molecule has 0 saturated carbocycles. The van der Waals surface area contributed by atoms with Crippen LogP contribution in [0.25, 0.3) is 11.1 Å². The second kappa shape index (κ2) is 9.49. The average molecular weight is 430 g/mol. The number of aryl methyl sites for hydroxylation is 2. The third kappa shape index (κ3) is 5.21. The molecule has 5 nitrogen and oxygen atoms in total. The number of halogens is 2. The lowest BCUT2D eigenvalue weighted by molar-refractivity contribution is -0.116. The van der Waals surface area contributed by atoms with Crippen LogP contribution in [0.5, 0.6) is 5.75 Å². The molecule has 3 N–H and O–H groups in total. The number of thiophene rings is 1. The highest BCUT2D eigenvalue weighted by Crippen LogP contribution is 2.39. The van der Waals surface area contributed by atoms with Crippen LogP contribution in [0.15, 0.2) is 54.6 Å². The Balaban J connectivity index is 1.70. The second-order valence-corrected chi connectivity index (χ2v) is 7.76. The molecule has 2 aromatic carbocycles. The van der Waals surface area contributed by atoms with Crippen molar-refractivity contribution < 1.29 is 23.1 Å². The van der Waals surface area contributed by atoms with Gasteiger partial charge in [-0.2, -0.15) is 8.78 Å². The molecule has 1 aromatic heterocycles. The number of hydrogen-bond acceptors (Lipinski definition) is 4. The minimum Gasteiger partial charge on any atom is -0.435 e. The first-order valence-corrected chi connectivity index (χ1v) is 9.99. The summed E-state index contributed by atoms with van der Waals surface area (Å²) >= 11 is 1.30. The van der Waals surface area contributed by atoms with Crippen LogP contribution in [0.4, 0.5) is 13.8 Å².